The Labute approximate surface area is 128 Å². The predicted molar refractivity (Wildman–Crippen MR) is 96.5 cm³/mol. The second kappa shape index (κ2) is 8.94. The van der Waals surface area contributed by atoms with Crippen molar-refractivity contribution in [2.45, 2.75) is 0 Å². The van der Waals surface area contributed by atoms with E-state index in [1.165, 1.54) is 5.30 Å². The fraction of sp³-hybridized carbons (Fsp3) is 0.0526. The van der Waals surface area contributed by atoms with Gasteiger partial charge in [-0.15, -0.1) is 0 Å². The van der Waals surface area contributed by atoms with Crippen molar-refractivity contribution in [3.63, 3.8) is 0 Å². The highest BCUT2D eigenvalue weighted by Gasteiger charge is 1.89. The zero-order valence-corrected chi connectivity index (χ0v) is 13.2. The average Bonchev–Trinajstić information content (AvgIpc) is 2.58. The van der Waals surface area contributed by atoms with E-state index in [9.17, 15) is 0 Å². The lowest BCUT2D eigenvalue weighted by atomic mass is 10.3. The summed E-state index contributed by atoms with van der Waals surface area (Å²) in [6.45, 7) is 2.19. The van der Waals surface area contributed by atoms with Gasteiger partial charge in [-0.25, -0.2) is 0 Å². The van der Waals surface area contributed by atoms with E-state index >= 15 is 0 Å². The van der Waals surface area contributed by atoms with E-state index in [1.807, 2.05) is 66.7 Å². The van der Waals surface area contributed by atoms with Gasteiger partial charge in [-0.3, -0.25) is 0 Å². The SMILES string of the molecule is CPc1ccccc1.c1ccc(Nc2ccccc2)cc1. The zero-order chi connectivity index (χ0) is 14.8. The molecule has 0 bridgehead atoms. The molecule has 0 aliphatic rings. The van der Waals surface area contributed by atoms with E-state index in [2.05, 4.69) is 36.2 Å². The number of para-hydroxylation sites is 2. The van der Waals surface area contributed by atoms with E-state index in [0.717, 1.165) is 20.0 Å². The number of hydrogen-bond acceptors (Lipinski definition) is 1. The van der Waals surface area contributed by atoms with Crippen LogP contribution in [0.1, 0.15) is 0 Å². The summed E-state index contributed by atoms with van der Waals surface area (Å²) in [4.78, 5) is 0. The number of nitrogens with one attached hydrogen (secondary N) is 1. The third-order valence-electron chi connectivity index (χ3n) is 2.90. The number of hydrogen-bond donors (Lipinski definition) is 1. The molecule has 0 aliphatic heterocycles. The molecular formula is C19H20NP. The molecule has 0 fully saturated rings. The van der Waals surface area contributed by atoms with Gasteiger partial charge in [0.25, 0.3) is 0 Å². The molecule has 1 nitrogen and oxygen atoms in total. The van der Waals surface area contributed by atoms with Crippen LogP contribution in [-0.4, -0.2) is 6.66 Å². The minimum absolute atomic E-state index is 0.930. The molecule has 0 heterocycles. The van der Waals surface area contributed by atoms with Gasteiger partial charge in [0.2, 0.25) is 0 Å². The third-order valence-corrected chi connectivity index (χ3v) is 3.81. The average molecular weight is 293 g/mol. The first kappa shape index (κ1) is 15.3. The highest BCUT2D eigenvalue weighted by Crippen LogP contribution is 2.14. The summed E-state index contributed by atoms with van der Waals surface area (Å²) in [5, 5.41) is 4.74. The van der Waals surface area contributed by atoms with Gasteiger partial charge in [0, 0.05) is 11.4 Å². The van der Waals surface area contributed by atoms with Crippen molar-refractivity contribution < 1.29 is 0 Å². The van der Waals surface area contributed by atoms with Crippen molar-refractivity contribution in [3.8, 4) is 0 Å². The van der Waals surface area contributed by atoms with E-state index in [4.69, 9.17) is 0 Å². The van der Waals surface area contributed by atoms with E-state index in [1.54, 1.807) is 0 Å². The molecule has 3 aromatic carbocycles. The largest absolute Gasteiger partial charge is 0.356 e. The summed E-state index contributed by atoms with van der Waals surface area (Å²) in [6.07, 6.45) is 0. The molecule has 0 aromatic heterocycles. The Bertz CT molecular complexity index is 571. The smallest absolute Gasteiger partial charge is 0.0384 e. The Morgan fingerprint density at radius 2 is 0.952 bits per heavy atom. The molecule has 1 N–H and O–H groups in total. The standard InChI is InChI=1S/C12H11N.C7H9P/c1-3-7-11(8-4-1)13-12-9-5-2-6-10-12;1-8-7-5-3-2-4-6-7/h1-10,13H;2-6,8H,1H3. The maximum Gasteiger partial charge on any atom is 0.0384 e. The minimum atomic E-state index is 0.930. The molecule has 1 atom stereocenters. The second-order valence-electron chi connectivity index (χ2n) is 4.47. The number of anilines is 2. The van der Waals surface area contributed by atoms with Crippen LogP contribution < -0.4 is 10.6 Å². The van der Waals surface area contributed by atoms with Gasteiger partial charge < -0.3 is 5.32 Å². The fourth-order valence-electron chi connectivity index (χ4n) is 1.81. The summed E-state index contributed by atoms with van der Waals surface area (Å²) < 4.78 is 0. The van der Waals surface area contributed by atoms with Crippen molar-refractivity contribution in [1.29, 1.82) is 0 Å². The van der Waals surface area contributed by atoms with Crippen LogP contribution in [0.2, 0.25) is 0 Å². The molecule has 21 heavy (non-hydrogen) atoms. The van der Waals surface area contributed by atoms with Crippen molar-refractivity contribution in [2.75, 3.05) is 12.0 Å². The van der Waals surface area contributed by atoms with Crippen LogP contribution in [0.3, 0.4) is 0 Å². The van der Waals surface area contributed by atoms with Crippen LogP contribution in [0.4, 0.5) is 11.4 Å². The summed E-state index contributed by atoms with van der Waals surface area (Å²) in [7, 11) is 0.930. The number of benzene rings is 3. The Morgan fingerprint density at radius 3 is 1.29 bits per heavy atom. The monoisotopic (exact) mass is 293 g/mol. The molecule has 0 amide bonds. The van der Waals surface area contributed by atoms with Crippen LogP contribution >= 0.6 is 8.58 Å². The maximum atomic E-state index is 3.30. The first-order chi connectivity index (χ1) is 10.4. The lowest BCUT2D eigenvalue weighted by Crippen LogP contribution is -1.87. The van der Waals surface area contributed by atoms with Gasteiger partial charge in [-0.05, 0) is 36.2 Å². The molecule has 3 aromatic rings. The van der Waals surface area contributed by atoms with Gasteiger partial charge in [-0.2, -0.15) is 0 Å². The van der Waals surface area contributed by atoms with Gasteiger partial charge in [-0.1, -0.05) is 75.3 Å². The number of rotatable bonds is 3. The van der Waals surface area contributed by atoms with Gasteiger partial charge in [0.1, 0.15) is 0 Å². The van der Waals surface area contributed by atoms with Crippen LogP contribution in [0.25, 0.3) is 0 Å². The van der Waals surface area contributed by atoms with Gasteiger partial charge in [0.15, 0.2) is 0 Å². The van der Waals surface area contributed by atoms with E-state index < -0.39 is 0 Å². The Kier molecular flexibility index (Phi) is 6.51. The third kappa shape index (κ3) is 5.81. The van der Waals surface area contributed by atoms with Crippen molar-refractivity contribution in [1.82, 2.24) is 0 Å². The van der Waals surface area contributed by atoms with Crippen molar-refractivity contribution >= 4 is 25.3 Å². The topological polar surface area (TPSA) is 12.0 Å². The van der Waals surface area contributed by atoms with Gasteiger partial charge >= 0.3 is 0 Å². The van der Waals surface area contributed by atoms with E-state index in [-0.39, 0.29) is 0 Å². The second-order valence-corrected chi connectivity index (χ2v) is 5.55. The molecule has 0 saturated heterocycles. The van der Waals surface area contributed by atoms with Crippen LogP contribution in [0.15, 0.2) is 91.0 Å². The Morgan fingerprint density at radius 1 is 0.571 bits per heavy atom. The highest BCUT2D eigenvalue weighted by atomic mass is 31.1. The lowest BCUT2D eigenvalue weighted by molar-refractivity contribution is 1.55. The van der Waals surface area contributed by atoms with Crippen LogP contribution in [0.5, 0.6) is 0 Å². The summed E-state index contributed by atoms with van der Waals surface area (Å²) in [5.74, 6) is 0. The predicted octanol–water partition coefficient (Wildman–Crippen LogP) is 5.05. The Balaban J connectivity index is 0.000000173. The quantitative estimate of drug-likeness (QED) is 0.666. The van der Waals surface area contributed by atoms with Gasteiger partial charge in [0.05, 0.1) is 0 Å². The highest BCUT2D eigenvalue weighted by molar-refractivity contribution is 7.46. The first-order valence-electron chi connectivity index (χ1n) is 6.98. The summed E-state index contributed by atoms with van der Waals surface area (Å²) >= 11 is 0. The first-order valence-corrected chi connectivity index (χ1v) is 8.48. The molecule has 3 rings (SSSR count). The van der Waals surface area contributed by atoms with Crippen LogP contribution in [-0.2, 0) is 0 Å². The summed E-state index contributed by atoms with van der Waals surface area (Å²) in [5.41, 5.74) is 2.24. The molecule has 0 spiro atoms. The molecule has 106 valence electrons. The lowest BCUT2D eigenvalue weighted by Gasteiger charge is -2.04. The van der Waals surface area contributed by atoms with Crippen molar-refractivity contribution in [3.05, 3.63) is 91.0 Å². The molecule has 1 unspecified atom stereocenters. The minimum Gasteiger partial charge on any atom is -0.356 e. The molecule has 2 heteroatoms. The normalized spacial score (nSPS) is 9.95. The van der Waals surface area contributed by atoms with E-state index in [0.29, 0.717) is 0 Å². The molecule has 0 saturated carbocycles. The van der Waals surface area contributed by atoms with Crippen molar-refractivity contribution in [2.24, 2.45) is 0 Å². The van der Waals surface area contributed by atoms with Crippen LogP contribution in [0, 0.1) is 0 Å². The maximum absolute atomic E-state index is 3.30. The zero-order valence-electron chi connectivity index (χ0n) is 12.2. The Hall–Kier alpha value is -2.11. The molecule has 0 radical (unpaired) electrons. The molecule has 0 aliphatic carbocycles. The fourth-order valence-corrected chi connectivity index (χ4v) is 2.34. The summed E-state index contributed by atoms with van der Waals surface area (Å²) in [6, 6.07) is 30.8. The molecular weight excluding hydrogens is 273 g/mol.